The third-order valence-electron chi connectivity index (χ3n) is 2.40. The Morgan fingerprint density at radius 1 is 1.39 bits per heavy atom. The maximum absolute atomic E-state index is 14.0. The summed E-state index contributed by atoms with van der Waals surface area (Å²) < 4.78 is 14.0. The fourth-order valence-corrected chi connectivity index (χ4v) is 2.01. The maximum Gasteiger partial charge on any atom is 0.338 e. The molecule has 4 heteroatoms. The predicted octanol–water partition coefficient (Wildman–Crippen LogP) is 3.32. The molecule has 0 aromatic heterocycles. The quantitative estimate of drug-likeness (QED) is 0.657. The van der Waals surface area contributed by atoms with Crippen molar-refractivity contribution in [1.29, 1.82) is 0 Å². The molecular formula is C14H17FO2Si. The molecule has 0 fully saturated rings. The summed E-state index contributed by atoms with van der Waals surface area (Å²) in [7, 11) is -1.53. The van der Waals surface area contributed by atoms with Gasteiger partial charge in [0.05, 0.1) is 5.56 Å². The fraction of sp³-hybridized carbons (Fsp3) is 0.357. The van der Waals surface area contributed by atoms with E-state index in [2.05, 4.69) is 31.1 Å². The summed E-state index contributed by atoms with van der Waals surface area (Å²) in [6.45, 7) is 8.11. The summed E-state index contributed by atoms with van der Waals surface area (Å²) in [6.07, 6.45) is 0.433. The number of benzene rings is 1. The molecule has 0 heterocycles. The molecule has 1 aromatic rings. The topological polar surface area (TPSA) is 37.3 Å². The molecule has 0 aliphatic rings. The summed E-state index contributed by atoms with van der Waals surface area (Å²) in [5, 5.41) is 8.87. The van der Waals surface area contributed by atoms with Crippen molar-refractivity contribution in [2.45, 2.75) is 33.0 Å². The largest absolute Gasteiger partial charge is 0.478 e. The Morgan fingerprint density at radius 2 is 2.00 bits per heavy atom. The molecule has 1 aromatic carbocycles. The van der Waals surface area contributed by atoms with E-state index in [4.69, 9.17) is 5.11 Å². The minimum atomic E-state index is -1.53. The van der Waals surface area contributed by atoms with E-state index in [1.807, 2.05) is 0 Å². The van der Waals surface area contributed by atoms with Gasteiger partial charge in [0.2, 0.25) is 0 Å². The average molecular weight is 264 g/mol. The van der Waals surface area contributed by atoms with Gasteiger partial charge in [-0.05, 0) is 18.6 Å². The predicted molar refractivity (Wildman–Crippen MR) is 73.0 cm³/mol. The van der Waals surface area contributed by atoms with Crippen LogP contribution in [-0.4, -0.2) is 19.1 Å². The molecule has 0 amide bonds. The number of hydrogen-bond acceptors (Lipinski definition) is 1. The standard InChI is InChI=1S/C14H17FO2Si/c1-5-11-10(8-9-18(2,3)4)6-7-12(13(11)15)14(16)17/h6-7H,5H2,1-4H3,(H,16,17). The lowest BCUT2D eigenvalue weighted by molar-refractivity contribution is 0.0691. The molecule has 0 aliphatic heterocycles. The SMILES string of the molecule is CCc1c(C#C[Si](C)(C)C)ccc(C(=O)O)c1F. The van der Waals surface area contributed by atoms with Gasteiger partial charge in [-0.15, -0.1) is 5.54 Å². The van der Waals surface area contributed by atoms with Crippen molar-refractivity contribution in [2.75, 3.05) is 0 Å². The van der Waals surface area contributed by atoms with Crippen molar-refractivity contribution >= 4 is 14.0 Å². The van der Waals surface area contributed by atoms with Gasteiger partial charge < -0.3 is 5.11 Å². The Kier molecular flexibility index (Phi) is 4.31. The number of carboxylic acid groups (broad SMARTS) is 1. The monoisotopic (exact) mass is 264 g/mol. The maximum atomic E-state index is 14.0. The van der Waals surface area contributed by atoms with Crippen LogP contribution in [0.25, 0.3) is 0 Å². The van der Waals surface area contributed by atoms with Crippen LogP contribution in [0.15, 0.2) is 12.1 Å². The number of carboxylic acids is 1. The highest BCUT2D eigenvalue weighted by molar-refractivity contribution is 6.83. The number of halogens is 1. The number of aromatic carboxylic acids is 1. The van der Waals surface area contributed by atoms with Crippen LogP contribution >= 0.6 is 0 Å². The highest BCUT2D eigenvalue weighted by Crippen LogP contribution is 2.18. The van der Waals surface area contributed by atoms with Gasteiger partial charge >= 0.3 is 5.97 Å². The van der Waals surface area contributed by atoms with Crippen LogP contribution < -0.4 is 0 Å². The second kappa shape index (κ2) is 5.36. The normalized spacial score (nSPS) is 10.7. The molecule has 2 nitrogen and oxygen atoms in total. The molecule has 96 valence electrons. The lowest BCUT2D eigenvalue weighted by atomic mass is 10.0. The van der Waals surface area contributed by atoms with Gasteiger partial charge in [-0.25, -0.2) is 9.18 Å². The van der Waals surface area contributed by atoms with E-state index in [1.54, 1.807) is 13.0 Å². The van der Waals surface area contributed by atoms with Gasteiger partial charge in [-0.1, -0.05) is 32.5 Å². The highest BCUT2D eigenvalue weighted by Gasteiger charge is 2.16. The van der Waals surface area contributed by atoms with E-state index < -0.39 is 19.9 Å². The fourth-order valence-electron chi connectivity index (χ4n) is 1.50. The van der Waals surface area contributed by atoms with Crippen LogP contribution in [0.5, 0.6) is 0 Å². The summed E-state index contributed by atoms with van der Waals surface area (Å²) in [5.74, 6) is 1.09. The number of carbonyl (C=O) groups is 1. The van der Waals surface area contributed by atoms with Gasteiger partial charge in [0, 0.05) is 11.1 Å². The second-order valence-electron chi connectivity index (χ2n) is 5.11. The Labute approximate surface area is 108 Å². The number of hydrogen-bond donors (Lipinski definition) is 1. The zero-order valence-corrected chi connectivity index (χ0v) is 12.1. The van der Waals surface area contributed by atoms with E-state index in [0.717, 1.165) is 0 Å². The zero-order chi connectivity index (χ0) is 13.9. The first-order valence-corrected chi connectivity index (χ1v) is 9.34. The molecule has 0 spiro atoms. The minimum absolute atomic E-state index is 0.287. The van der Waals surface area contributed by atoms with E-state index in [-0.39, 0.29) is 5.56 Å². The smallest absolute Gasteiger partial charge is 0.338 e. The third kappa shape index (κ3) is 3.44. The van der Waals surface area contributed by atoms with Crippen LogP contribution in [0, 0.1) is 17.3 Å². The van der Waals surface area contributed by atoms with Gasteiger partial charge in [0.25, 0.3) is 0 Å². The van der Waals surface area contributed by atoms with Crippen LogP contribution in [0.2, 0.25) is 19.6 Å². The Bertz CT molecular complexity index is 533. The molecular weight excluding hydrogens is 247 g/mol. The van der Waals surface area contributed by atoms with Crippen LogP contribution in [0.4, 0.5) is 4.39 Å². The molecule has 0 saturated carbocycles. The van der Waals surface area contributed by atoms with Crippen molar-refractivity contribution in [3.63, 3.8) is 0 Å². The Hall–Kier alpha value is -1.60. The molecule has 0 bridgehead atoms. The first-order valence-electron chi connectivity index (χ1n) is 5.84. The van der Waals surface area contributed by atoms with Gasteiger partial charge in [0.15, 0.2) is 0 Å². The first-order chi connectivity index (χ1) is 8.26. The highest BCUT2D eigenvalue weighted by atomic mass is 28.3. The Balaban J connectivity index is 3.35. The van der Waals surface area contributed by atoms with E-state index in [0.29, 0.717) is 17.5 Å². The molecule has 0 aliphatic carbocycles. The molecule has 0 saturated heterocycles. The van der Waals surface area contributed by atoms with E-state index in [9.17, 15) is 9.18 Å². The second-order valence-corrected chi connectivity index (χ2v) is 9.86. The number of rotatable bonds is 2. The summed E-state index contributed by atoms with van der Waals surface area (Å²) in [4.78, 5) is 10.8. The molecule has 0 radical (unpaired) electrons. The van der Waals surface area contributed by atoms with Crippen LogP contribution in [0.3, 0.4) is 0 Å². The molecule has 0 unspecified atom stereocenters. The summed E-state index contributed by atoms with van der Waals surface area (Å²) >= 11 is 0. The van der Waals surface area contributed by atoms with E-state index in [1.165, 1.54) is 6.07 Å². The third-order valence-corrected chi connectivity index (χ3v) is 3.27. The Morgan fingerprint density at radius 3 is 2.44 bits per heavy atom. The zero-order valence-electron chi connectivity index (χ0n) is 11.1. The van der Waals surface area contributed by atoms with Crippen LogP contribution in [-0.2, 0) is 6.42 Å². The lowest BCUT2D eigenvalue weighted by Crippen LogP contribution is -2.16. The van der Waals surface area contributed by atoms with Gasteiger partial charge in [0.1, 0.15) is 13.9 Å². The molecule has 1 N–H and O–H groups in total. The van der Waals surface area contributed by atoms with Crippen molar-refractivity contribution in [2.24, 2.45) is 0 Å². The van der Waals surface area contributed by atoms with E-state index >= 15 is 0 Å². The molecule has 18 heavy (non-hydrogen) atoms. The summed E-state index contributed by atoms with van der Waals surface area (Å²) in [6, 6.07) is 2.88. The van der Waals surface area contributed by atoms with Gasteiger partial charge in [-0.3, -0.25) is 0 Å². The lowest BCUT2D eigenvalue weighted by Gasteiger charge is -2.08. The first kappa shape index (κ1) is 14.5. The van der Waals surface area contributed by atoms with Crippen molar-refractivity contribution in [1.82, 2.24) is 0 Å². The average Bonchev–Trinajstić information content (AvgIpc) is 2.24. The minimum Gasteiger partial charge on any atom is -0.478 e. The van der Waals surface area contributed by atoms with Crippen LogP contribution in [0.1, 0.15) is 28.4 Å². The molecule has 1 rings (SSSR count). The van der Waals surface area contributed by atoms with Gasteiger partial charge in [-0.2, -0.15) is 0 Å². The van der Waals surface area contributed by atoms with Crippen molar-refractivity contribution in [3.05, 3.63) is 34.6 Å². The van der Waals surface area contributed by atoms with Crippen molar-refractivity contribution < 1.29 is 14.3 Å². The molecule has 0 atom stereocenters. The summed E-state index contributed by atoms with van der Waals surface area (Å²) in [5.41, 5.74) is 3.87. The van der Waals surface area contributed by atoms with Crippen molar-refractivity contribution in [3.8, 4) is 11.5 Å².